The van der Waals surface area contributed by atoms with Crippen molar-refractivity contribution in [3.63, 3.8) is 0 Å². The molecular weight excluding hydrogens is 221 g/mol. The van der Waals surface area contributed by atoms with Gasteiger partial charge >= 0.3 is 12.2 Å². The van der Waals surface area contributed by atoms with Crippen LogP contribution in [0.5, 0.6) is 0 Å². The molecule has 0 amide bonds. The topological polar surface area (TPSA) is 18.8 Å². The molecule has 0 aliphatic carbocycles. The zero-order valence-electron chi connectivity index (χ0n) is 8.09. The molecule has 8 heteroatoms. The molecule has 3 nitrogen and oxygen atoms in total. The molecule has 0 N–H and O–H groups in total. The molecule has 1 heterocycles. The first-order valence-corrected chi connectivity index (χ1v) is 4.21. The standard InChI is InChI=1S/C7H10F5N3/c1-3-5-14(2)13-4-15(5)7(11,12)6(8,9)10/h4-5H,3H2,1-2H3. The van der Waals surface area contributed by atoms with Crippen molar-refractivity contribution in [3.05, 3.63) is 0 Å². The van der Waals surface area contributed by atoms with Gasteiger partial charge in [0.15, 0.2) is 0 Å². The van der Waals surface area contributed by atoms with Crippen LogP contribution >= 0.6 is 0 Å². The fraction of sp³-hybridized carbons (Fsp3) is 0.857. The van der Waals surface area contributed by atoms with Crippen molar-refractivity contribution in [1.29, 1.82) is 0 Å². The van der Waals surface area contributed by atoms with Crippen LogP contribution in [0.4, 0.5) is 22.0 Å². The van der Waals surface area contributed by atoms with E-state index in [4.69, 9.17) is 0 Å². The lowest BCUT2D eigenvalue weighted by atomic mass is 10.3. The molecular formula is C7H10F5N3. The summed E-state index contributed by atoms with van der Waals surface area (Å²) in [6.07, 6.45) is -6.04. The maximum absolute atomic E-state index is 12.9. The summed E-state index contributed by atoms with van der Waals surface area (Å²) < 4.78 is 62.0. The predicted octanol–water partition coefficient (Wildman–Crippen LogP) is 2.07. The van der Waals surface area contributed by atoms with Crippen LogP contribution < -0.4 is 0 Å². The number of rotatable bonds is 2. The SMILES string of the molecule is CCC1N(C)N=CN1C(F)(F)C(F)(F)F. The van der Waals surface area contributed by atoms with Gasteiger partial charge in [0.05, 0.1) is 0 Å². The maximum atomic E-state index is 12.9. The quantitative estimate of drug-likeness (QED) is 0.535. The average molecular weight is 231 g/mol. The minimum Gasteiger partial charge on any atom is -0.276 e. The summed E-state index contributed by atoms with van der Waals surface area (Å²) in [7, 11) is 1.34. The Kier molecular flexibility index (Phi) is 2.79. The second-order valence-electron chi connectivity index (χ2n) is 3.14. The van der Waals surface area contributed by atoms with Crippen LogP contribution in [-0.2, 0) is 0 Å². The van der Waals surface area contributed by atoms with Gasteiger partial charge in [0.1, 0.15) is 12.5 Å². The van der Waals surface area contributed by atoms with Crippen molar-refractivity contribution in [1.82, 2.24) is 9.91 Å². The number of hydrazone groups is 1. The van der Waals surface area contributed by atoms with E-state index in [-0.39, 0.29) is 11.3 Å². The highest BCUT2D eigenvalue weighted by Crippen LogP contribution is 2.40. The molecule has 0 aromatic carbocycles. The number of halogens is 5. The summed E-state index contributed by atoms with van der Waals surface area (Å²) in [5.41, 5.74) is 0. The second-order valence-corrected chi connectivity index (χ2v) is 3.14. The van der Waals surface area contributed by atoms with Gasteiger partial charge in [-0.25, -0.2) is 0 Å². The van der Waals surface area contributed by atoms with E-state index in [2.05, 4.69) is 5.10 Å². The van der Waals surface area contributed by atoms with E-state index in [1.165, 1.54) is 14.0 Å². The van der Waals surface area contributed by atoms with Crippen molar-refractivity contribution in [3.8, 4) is 0 Å². The summed E-state index contributed by atoms with van der Waals surface area (Å²) in [5, 5.41) is 4.47. The van der Waals surface area contributed by atoms with E-state index < -0.39 is 18.4 Å². The molecule has 1 aliphatic heterocycles. The van der Waals surface area contributed by atoms with Gasteiger partial charge < -0.3 is 0 Å². The summed E-state index contributed by atoms with van der Waals surface area (Å²) in [6, 6.07) is -4.89. The van der Waals surface area contributed by atoms with E-state index in [9.17, 15) is 22.0 Å². The molecule has 1 aliphatic rings. The molecule has 0 saturated heterocycles. The van der Waals surface area contributed by atoms with Crippen molar-refractivity contribution in [2.24, 2.45) is 5.10 Å². The summed E-state index contributed by atoms with van der Waals surface area (Å²) in [4.78, 5) is -0.0764. The van der Waals surface area contributed by atoms with Crippen molar-refractivity contribution >= 4 is 6.34 Å². The molecule has 1 unspecified atom stereocenters. The largest absolute Gasteiger partial charge is 0.475 e. The van der Waals surface area contributed by atoms with E-state index in [1.54, 1.807) is 0 Å². The molecule has 1 rings (SSSR count). The minimum absolute atomic E-state index is 0.0764. The Hall–Kier alpha value is -1.08. The Morgan fingerprint density at radius 2 is 1.80 bits per heavy atom. The molecule has 0 radical (unpaired) electrons. The summed E-state index contributed by atoms with van der Waals surface area (Å²) in [6.45, 7) is 1.51. The third kappa shape index (κ3) is 1.84. The molecule has 0 spiro atoms. The summed E-state index contributed by atoms with van der Waals surface area (Å²) in [5.74, 6) is 0. The van der Waals surface area contributed by atoms with Gasteiger partial charge in [0.25, 0.3) is 0 Å². The van der Waals surface area contributed by atoms with Crippen LogP contribution in [0.25, 0.3) is 0 Å². The molecule has 0 bridgehead atoms. The van der Waals surface area contributed by atoms with Gasteiger partial charge in [0.2, 0.25) is 0 Å². The van der Waals surface area contributed by atoms with Crippen LogP contribution in [0, 0.1) is 0 Å². The lowest BCUT2D eigenvalue weighted by Gasteiger charge is -2.34. The van der Waals surface area contributed by atoms with Gasteiger partial charge in [-0.3, -0.25) is 9.91 Å². The number of alkyl halides is 5. The second kappa shape index (κ2) is 3.49. The van der Waals surface area contributed by atoms with Gasteiger partial charge in [0, 0.05) is 7.05 Å². The van der Waals surface area contributed by atoms with Crippen LogP contribution in [0.3, 0.4) is 0 Å². The average Bonchev–Trinajstić information content (AvgIpc) is 2.44. The Balaban J connectivity index is 2.93. The molecule has 0 saturated carbocycles. The fourth-order valence-corrected chi connectivity index (χ4v) is 1.34. The molecule has 0 aromatic heterocycles. The predicted molar refractivity (Wildman–Crippen MR) is 43.2 cm³/mol. The molecule has 88 valence electrons. The number of hydrogen-bond acceptors (Lipinski definition) is 3. The lowest BCUT2D eigenvalue weighted by Crippen LogP contribution is -2.56. The van der Waals surface area contributed by atoms with E-state index in [1.807, 2.05) is 0 Å². The third-order valence-corrected chi connectivity index (χ3v) is 2.14. The van der Waals surface area contributed by atoms with E-state index in [0.29, 0.717) is 6.34 Å². The zero-order chi connectivity index (χ0) is 11.9. The Bertz CT molecular complexity index is 262. The van der Waals surface area contributed by atoms with Crippen LogP contribution in [0.1, 0.15) is 13.3 Å². The van der Waals surface area contributed by atoms with Crippen LogP contribution in [0.15, 0.2) is 5.10 Å². The molecule has 0 aromatic rings. The van der Waals surface area contributed by atoms with Gasteiger partial charge in [-0.15, -0.1) is 0 Å². The monoisotopic (exact) mass is 231 g/mol. The van der Waals surface area contributed by atoms with Crippen LogP contribution in [0.2, 0.25) is 0 Å². The normalized spacial score (nSPS) is 22.7. The zero-order valence-corrected chi connectivity index (χ0v) is 8.09. The Morgan fingerprint density at radius 3 is 2.20 bits per heavy atom. The highest BCUT2D eigenvalue weighted by molar-refractivity contribution is 5.58. The smallest absolute Gasteiger partial charge is 0.276 e. The molecule has 15 heavy (non-hydrogen) atoms. The molecule has 0 fully saturated rings. The summed E-state index contributed by atoms with van der Waals surface area (Å²) >= 11 is 0. The lowest BCUT2D eigenvalue weighted by molar-refractivity contribution is -0.333. The maximum Gasteiger partial charge on any atom is 0.475 e. The first-order valence-electron chi connectivity index (χ1n) is 4.21. The van der Waals surface area contributed by atoms with Gasteiger partial charge in [-0.1, -0.05) is 6.92 Å². The first-order chi connectivity index (χ1) is 6.71. The van der Waals surface area contributed by atoms with E-state index >= 15 is 0 Å². The Labute approximate surface area is 83.1 Å². The highest BCUT2D eigenvalue weighted by Gasteiger charge is 2.63. The number of nitrogens with zero attached hydrogens (tertiary/aromatic N) is 3. The highest BCUT2D eigenvalue weighted by atomic mass is 19.4. The van der Waals surface area contributed by atoms with Gasteiger partial charge in [-0.2, -0.15) is 27.1 Å². The minimum atomic E-state index is -5.60. The van der Waals surface area contributed by atoms with Crippen molar-refractivity contribution < 1.29 is 22.0 Å². The van der Waals surface area contributed by atoms with Crippen molar-refractivity contribution in [2.45, 2.75) is 31.7 Å². The molecule has 1 atom stereocenters. The van der Waals surface area contributed by atoms with Crippen LogP contribution in [-0.4, -0.2) is 41.7 Å². The Morgan fingerprint density at radius 1 is 1.27 bits per heavy atom. The van der Waals surface area contributed by atoms with Gasteiger partial charge in [-0.05, 0) is 6.42 Å². The fourth-order valence-electron chi connectivity index (χ4n) is 1.34. The first kappa shape index (κ1) is 12.0. The van der Waals surface area contributed by atoms with E-state index in [0.717, 1.165) is 5.01 Å². The number of hydrogen-bond donors (Lipinski definition) is 0. The van der Waals surface area contributed by atoms with Crippen molar-refractivity contribution in [2.75, 3.05) is 7.05 Å². The third-order valence-electron chi connectivity index (χ3n) is 2.14.